The van der Waals surface area contributed by atoms with Gasteiger partial charge in [-0.3, -0.25) is 4.79 Å². The van der Waals surface area contributed by atoms with Crippen LogP contribution in [0.3, 0.4) is 0 Å². The highest BCUT2D eigenvalue weighted by molar-refractivity contribution is 5.78. The largest absolute Gasteiger partial charge is 0.573 e. The number of ether oxygens (including phenoxy) is 1. The predicted octanol–water partition coefficient (Wildman–Crippen LogP) is 3.09. The molecule has 1 aromatic heterocycles. The molecule has 8 heteroatoms. The van der Waals surface area contributed by atoms with Gasteiger partial charge in [-0.1, -0.05) is 17.3 Å². The van der Waals surface area contributed by atoms with Crippen molar-refractivity contribution in [2.45, 2.75) is 33.1 Å². The Morgan fingerprint density at radius 3 is 2.46 bits per heavy atom. The summed E-state index contributed by atoms with van der Waals surface area (Å²) in [5.41, 5.74) is 2.24. The molecule has 24 heavy (non-hydrogen) atoms. The molecule has 2 rings (SSSR count). The lowest BCUT2D eigenvalue weighted by molar-refractivity contribution is -0.274. The third kappa shape index (κ3) is 5.29. The van der Waals surface area contributed by atoms with Crippen molar-refractivity contribution in [1.29, 1.82) is 0 Å². The van der Waals surface area contributed by atoms with Crippen molar-refractivity contribution in [2.75, 3.05) is 6.54 Å². The first-order valence-electron chi connectivity index (χ1n) is 7.28. The van der Waals surface area contributed by atoms with E-state index in [1.54, 1.807) is 13.8 Å². The lowest BCUT2D eigenvalue weighted by atomic mass is 10.1. The van der Waals surface area contributed by atoms with Crippen molar-refractivity contribution in [3.8, 4) is 5.75 Å². The van der Waals surface area contributed by atoms with Gasteiger partial charge in [0, 0.05) is 12.1 Å². The number of alkyl halides is 3. The van der Waals surface area contributed by atoms with Gasteiger partial charge in [-0.15, -0.1) is 13.2 Å². The molecule has 5 nitrogen and oxygen atoms in total. The molecule has 0 saturated carbocycles. The first-order chi connectivity index (χ1) is 11.2. The molecule has 1 heterocycles. The second-order valence-electron chi connectivity index (χ2n) is 5.27. The molecule has 0 fully saturated rings. The first-order valence-corrected chi connectivity index (χ1v) is 7.28. The molecule has 0 unspecified atom stereocenters. The maximum atomic E-state index is 12.1. The lowest BCUT2D eigenvalue weighted by Crippen LogP contribution is -2.27. The Labute approximate surface area is 136 Å². The molecule has 0 aliphatic heterocycles. The summed E-state index contributed by atoms with van der Waals surface area (Å²) >= 11 is 0. The Bertz CT molecular complexity index is 674. The number of amides is 1. The molecule has 0 saturated heterocycles. The third-order valence-electron chi connectivity index (χ3n) is 3.41. The average Bonchev–Trinajstić information content (AvgIpc) is 2.79. The number of carbonyl (C=O) groups is 1. The average molecular weight is 342 g/mol. The van der Waals surface area contributed by atoms with Crippen LogP contribution in [0.15, 0.2) is 28.8 Å². The van der Waals surface area contributed by atoms with Crippen molar-refractivity contribution >= 4 is 5.91 Å². The number of nitrogens with zero attached hydrogens (tertiary/aromatic N) is 1. The Balaban J connectivity index is 1.78. The molecule has 0 bridgehead atoms. The molecule has 0 aliphatic carbocycles. The summed E-state index contributed by atoms with van der Waals surface area (Å²) in [5.74, 6) is 0.179. The molecule has 130 valence electrons. The third-order valence-corrected chi connectivity index (χ3v) is 3.41. The van der Waals surface area contributed by atoms with Crippen molar-refractivity contribution < 1.29 is 27.2 Å². The first kappa shape index (κ1) is 17.8. The summed E-state index contributed by atoms with van der Waals surface area (Å²) in [6, 6.07) is 5.55. The van der Waals surface area contributed by atoms with Crippen LogP contribution < -0.4 is 10.1 Å². The number of hydrogen-bond acceptors (Lipinski definition) is 4. The number of benzene rings is 1. The number of aryl methyl sites for hydroxylation is 2. The van der Waals surface area contributed by atoms with Gasteiger partial charge in [0.25, 0.3) is 0 Å². The standard InChI is InChI=1S/C16H17F3N2O3/c1-10-14(11(2)24-21-10)9-15(22)20-8-7-12-3-5-13(6-4-12)23-16(17,18)19/h3-6H,7-9H2,1-2H3,(H,20,22). The van der Waals surface area contributed by atoms with Gasteiger partial charge in [0.15, 0.2) is 0 Å². The lowest BCUT2D eigenvalue weighted by Gasteiger charge is -2.09. The molecular weight excluding hydrogens is 325 g/mol. The van der Waals surface area contributed by atoms with Gasteiger partial charge in [0.1, 0.15) is 11.5 Å². The Hall–Kier alpha value is -2.51. The van der Waals surface area contributed by atoms with Crippen LogP contribution in [0, 0.1) is 13.8 Å². The van der Waals surface area contributed by atoms with Gasteiger partial charge in [-0.2, -0.15) is 0 Å². The minimum absolute atomic E-state index is 0.165. The molecule has 0 spiro atoms. The van der Waals surface area contributed by atoms with Gasteiger partial charge in [0.05, 0.1) is 12.1 Å². The van der Waals surface area contributed by atoms with Gasteiger partial charge >= 0.3 is 6.36 Å². The van der Waals surface area contributed by atoms with Gasteiger partial charge in [-0.25, -0.2) is 0 Å². The van der Waals surface area contributed by atoms with E-state index in [1.165, 1.54) is 24.3 Å². The van der Waals surface area contributed by atoms with Crippen LogP contribution >= 0.6 is 0 Å². The fraction of sp³-hybridized carbons (Fsp3) is 0.375. The van der Waals surface area contributed by atoms with E-state index in [4.69, 9.17) is 4.52 Å². The summed E-state index contributed by atoms with van der Waals surface area (Å²) in [5, 5.41) is 6.54. The second-order valence-corrected chi connectivity index (χ2v) is 5.27. The van der Waals surface area contributed by atoms with Gasteiger partial charge < -0.3 is 14.6 Å². The zero-order chi connectivity index (χ0) is 17.7. The molecule has 2 aromatic rings. The Kier molecular flexibility index (Phi) is 5.48. The number of aromatic nitrogens is 1. The highest BCUT2D eigenvalue weighted by Gasteiger charge is 2.30. The van der Waals surface area contributed by atoms with Gasteiger partial charge in [-0.05, 0) is 38.0 Å². The predicted molar refractivity (Wildman–Crippen MR) is 79.5 cm³/mol. The fourth-order valence-electron chi connectivity index (χ4n) is 2.18. The van der Waals surface area contributed by atoms with Crippen LogP contribution in [0.25, 0.3) is 0 Å². The van der Waals surface area contributed by atoms with E-state index in [-0.39, 0.29) is 18.1 Å². The number of halogens is 3. The van der Waals surface area contributed by atoms with Crippen molar-refractivity contribution in [2.24, 2.45) is 0 Å². The van der Waals surface area contributed by atoms with Crippen LogP contribution in [0.4, 0.5) is 13.2 Å². The second kappa shape index (κ2) is 7.37. The van der Waals surface area contributed by atoms with E-state index < -0.39 is 6.36 Å². The minimum atomic E-state index is -4.70. The molecule has 1 N–H and O–H groups in total. The number of carbonyl (C=O) groups excluding carboxylic acids is 1. The van der Waals surface area contributed by atoms with Crippen molar-refractivity contribution in [3.05, 3.63) is 46.8 Å². The maximum Gasteiger partial charge on any atom is 0.573 e. The minimum Gasteiger partial charge on any atom is -0.406 e. The zero-order valence-corrected chi connectivity index (χ0v) is 13.2. The van der Waals surface area contributed by atoms with Crippen LogP contribution in [0.2, 0.25) is 0 Å². The van der Waals surface area contributed by atoms with E-state index in [0.717, 1.165) is 11.1 Å². The summed E-state index contributed by atoms with van der Waals surface area (Å²) in [7, 11) is 0. The monoisotopic (exact) mass is 342 g/mol. The molecule has 0 atom stereocenters. The van der Waals surface area contributed by atoms with E-state index >= 15 is 0 Å². The normalized spacial score (nSPS) is 11.4. The fourth-order valence-corrected chi connectivity index (χ4v) is 2.18. The molecular formula is C16H17F3N2O3. The SMILES string of the molecule is Cc1noc(C)c1CC(=O)NCCc1ccc(OC(F)(F)F)cc1. The van der Waals surface area contributed by atoms with Gasteiger partial charge in [0.2, 0.25) is 5.91 Å². The highest BCUT2D eigenvalue weighted by atomic mass is 19.4. The number of nitrogens with one attached hydrogen (secondary N) is 1. The Morgan fingerprint density at radius 1 is 1.25 bits per heavy atom. The summed E-state index contributed by atoms with van der Waals surface area (Å²) in [6.07, 6.45) is -4.02. The molecule has 0 radical (unpaired) electrons. The van der Waals surface area contributed by atoms with Crippen molar-refractivity contribution in [1.82, 2.24) is 10.5 Å². The van der Waals surface area contributed by atoms with E-state index in [9.17, 15) is 18.0 Å². The molecule has 0 aliphatic rings. The Morgan fingerprint density at radius 2 is 1.92 bits per heavy atom. The van der Waals surface area contributed by atoms with E-state index in [1.807, 2.05) is 0 Å². The highest BCUT2D eigenvalue weighted by Crippen LogP contribution is 2.22. The quantitative estimate of drug-likeness (QED) is 0.876. The summed E-state index contributed by atoms with van der Waals surface area (Å²) in [4.78, 5) is 11.9. The number of rotatable bonds is 6. The van der Waals surface area contributed by atoms with Crippen LogP contribution in [-0.2, 0) is 17.6 Å². The topological polar surface area (TPSA) is 64.4 Å². The van der Waals surface area contributed by atoms with Crippen molar-refractivity contribution in [3.63, 3.8) is 0 Å². The number of hydrogen-bond donors (Lipinski definition) is 1. The van der Waals surface area contributed by atoms with Crippen LogP contribution in [-0.4, -0.2) is 24.0 Å². The summed E-state index contributed by atoms with van der Waals surface area (Å²) in [6.45, 7) is 3.89. The molecule has 1 amide bonds. The van der Waals surface area contributed by atoms with E-state index in [2.05, 4.69) is 15.2 Å². The van der Waals surface area contributed by atoms with Crippen LogP contribution in [0.5, 0.6) is 5.75 Å². The van der Waals surface area contributed by atoms with E-state index in [0.29, 0.717) is 24.4 Å². The molecule has 1 aromatic carbocycles. The smallest absolute Gasteiger partial charge is 0.406 e. The van der Waals surface area contributed by atoms with Crippen LogP contribution in [0.1, 0.15) is 22.6 Å². The maximum absolute atomic E-state index is 12.1. The summed E-state index contributed by atoms with van der Waals surface area (Å²) < 4.78 is 45.0. The zero-order valence-electron chi connectivity index (χ0n) is 13.2.